The maximum Gasteiger partial charge on any atom is 0.325 e. The zero-order chi connectivity index (χ0) is 22.8. The van der Waals surface area contributed by atoms with Gasteiger partial charge in [-0.2, -0.15) is 0 Å². The van der Waals surface area contributed by atoms with Crippen LogP contribution in [0.15, 0.2) is 40.9 Å². The molecule has 164 valence electrons. The lowest BCUT2D eigenvalue weighted by Gasteiger charge is -2.22. The van der Waals surface area contributed by atoms with Gasteiger partial charge in [-0.15, -0.1) is 0 Å². The predicted molar refractivity (Wildman–Crippen MR) is 116 cm³/mol. The van der Waals surface area contributed by atoms with Crippen LogP contribution in [0.25, 0.3) is 0 Å². The van der Waals surface area contributed by atoms with Crippen LogP contribution in [-0.2, 0) is 16.9 Å². The number of carbonyl (C=O) groups excluding carboxylic acids is 2. The Kier molecular flexibility index (Phi) is 6.49. The highest BCUT2D eigenvalue weighted by Crippen LogP contribution is 2.36. The summed E-state index contributed by atoms with van der Waals surface area (Å²) in [6.45, 7) is 6.21. The number of halogens is 1. The molecule has 1 saturated heterocycles. The minimum atomic E-state index is -1.33. The van der Waals surface area contributed by atoms with Gasteiger partial charge in [0.15, 0.2) is 11.5 Å². The minimum Gasteiger partial charge on any atom is -0.490 e. The van der Waals surface area contributed by atoms with Gasteiger partial charge in [0.05, 0.1) is 24.7 Å². The molecule has 3 amide bonds. The molecule has 2 aromatic carbocycles. The van der Waals surface area contributed by atoms with Crippen LogP contribution >= 0.6 is 15.9 Å². The average molecular weight is 492 g/mol. The van der Waals surface area contributed by atoms with Crippen LogP contribution in [0.4, 0.5) is 10.5 Å². The van der Waals surface area contributed by atoms with Gasteiger partial charge < -0.3 is 14.8 Å². The summed E-state index contributed by atoms with van der Waals surface area (Å²) >= 11 is 3.48. The van der Waals surface area contributed by atoms with Crippen molar-refractivity contribution >= 4 is 33.6 Å². The topological polar surface area (TPSA) is 111 Å². The fraction of sp³-hybridized carbons (Fsp3) is 0.333. The Morgan fingerprint density at radius 1 is 1.10 bits per heavy atom. The summed E-state index contributed by atoms with van der Waals surface area (Å²) < 4.78 is 11.9. The lowest BCUT2D eigenvalue weighted by atomic mass is 9.92. The second-order valence-electron chi connectivity index (χ2n) is 7.01. The molecule has 0 aromatic heterocycles. The van der Waals surface area contributed by atoms with Gasteiger partial charge in [-0.05, 0) is 56.2 Å². The highest BCUT2D eigenvalue weighted by Gasteiger charge is 2.49. The first-order chi connectivity index (χ1) is 14.7. The number of nitrogens with zero attached hydrogens (tertiary/aromatic N) is 2. The molecule has 3 rings (SSSR count). The van der Waals surface area contributed by atoms with E-state index in [9.17, 15) is 19.7 Å². The lowest BCUT2D eigenvalue weighted by molar-refractivity contribution is -0.384. The number of ether oxygens (including phenoxy) is 2. The fourth-order valence-corrected chi connectivity index (χ4v) is 3.81. The summed E-state index contributed by atoms with van der Waals surface area (Å²) in [5.41, 5.74) is -0.294. The molecule has 1 N–H and O–H groups in total. The standard InChI is InChI=1S/C21H22BrN3O6/c1-4-30-17-10-13(16(22)11-18(17)31-5-2)12-24-19(26)21(3,23-20(24)27)14-6-8-15(9-7-14)25(28)29/h6-11H,4-5,12H2,1-3H3,(H,23,27). The Hall–Kier alpha value is -3.14. The summed E-state index contributed by atoms with van der Waals surface area (Å²) in [6.07, 6.45) is 0. The Labute approximate surface area is 187 Å². The fourth-order valence-electron chi connectivity index (χ4n) is 3.36. The van der Waals surface area contributed by atoms with Crippen LogP contribution in [0.5, 0.6) is 11.5 Å². The summed E-state index contributed by atoms with van der Waals surface area (Å²) in [5, 5.41) is 13.6. The Morgan fingerprint density at radius 3 is 2.23 bits per heavy atom. The van der Waals surface area contributed by atoms with Gasteiger partial charge in [0.1, 0.15) is 5.54 Å². The number of hydrogen-bond donors (Lipinski definition) is 1. The van der Waals surface area contributed by atoms with Crippen molar-refractivity contribution in [3.63, 3.8) is 0 Å². The molecule has 1 heterocycles. The van der Waals surface area contributed by atoms with Crippen molar-refractivity contribution in [3.05, 3.63) is 62.1 Å². The van der Waals surface area contributed by atoms with E-state index in [-0.39, 0.29) is 12.2 Å². The highest BCUT2D eigenvalue weighted by atomic mass is 79.9. The van der Waals surface area contributed by atoms with Gasteiger partial charge in [0.2, 0.25) is 0 Å². The summed E-state index contributed by atoms with van der Waals surface area (Å²) in [6, 6.07) is 8.49. The maximum atomic E-state index is 13.2. The number of hydrogen-bond acceptors (Lipinski definition) is 6. The van der Waals surface area contributed by atoms with E-state index in [1.54, 1.807) is 19.1 Å². The highest BCUT2D eigenvalue weighted by molar-refractivity contribution is 9.10. The zero-order valence-electron chi connectivity index (χ0n) is 17.3. The predicted octanol–water partition coefficient (Wildman–Crippen LogP) is 4.12. The van der Waals surface area contributed by atoms with Gasteiger partial charge in [-0.3, -0.25) is 19.8 Å². The minimum absolute atomic E-state index is 0.0142. The van der Waals surface area contributed by atoms with Crippen molar-refractivity contribution in [2.24, 2.45) is 0 Å². The van der Waals surface area contributed by atoms with Crippen LogP contribution in [-0.4, -0.2) is 35.0 Å². The Morgan fingerprint density at radius 2 is 1.68 bits per heavy atom. The van der Waals surface area contributed by atoms with Crippen molar-refractivity contribution in [3.8, 4) is 11.5 Å². The van der Waals surface area contributed by atoms with Crippen LogP contribution < -0.4 is 14.8 Å². The molecule has 1 fully saturated rings. The van der Waals surface area contributed by atoms with E-state index in [4.69, 9.17) is 9.47 Å². The number of nitrogens with one attached hydrogen (secondary N) is 1. The first-order valence-corrected chi connectivity index (χ1v) is 10.5. The quantitative estimate of drug-likeness (QED) is 0.337. The molecule has 31 heavy (non-hydrogen) atoms. The Balaban J connectivity index is 1.89. The number of imide groups is 1. The van der Waals surface area contributed by atoms with Crippen molar-refractivity contribution in [2.75, 3.05) is 13.2 Å². The number of non-ortho nitro benzene ring substituents is 1. The van der Waals surface area contributed by atoms with Crippen LogP contribution in [0.2, 0.25) is 0 Å². The molecule has 0 bridgehead atoms. The second kappa shape index (κ2) is 8.93. The number of urea groups is 1. The average Bonchev–Trinajstić information content (AvgIpc) is 2.95. The number of nitro groups is 1. The van der Waals surface area contributed by atoms with Gasteiger partial charge >= 0.3 is 6.03 Å². The summed E-state index contributed by atoms with van der Waals surface area (Å²) in [5.74, 6) is 0.630. The van der Waals surface area contributed by atoms with E-state index in [1.165, 1.54) is 24.3 Å². The molecule has 2 aromatic rings. The molecule has 10 heteroatoms. The third-order valence-electron chi connectivity index (χ3n) is 4.97. The molecule has 0 saturated carbocycles. The van der Waals surface area contributed by atoms with Crippen LogP contribution in [0, 0.1) is 10.1 Å². The summed E-state index contributed by atoms with van der Waals surface area (Å²) in [4.78, 5) is 37.3. The van der Waals surface area contributed by atoms with Crippen molar-refractivity contribution in [2.45, 2.75) is 32.9 Å². The SMILES string of the molecule is CCOc1cc(Br)c(CN2C(=O)NC(C)(c3ccc([N+](=O)[O-])cc3)C2=O)cc1OCC. The molecule has 1 atom stereocenters. The Bertz CT molecular complexity index is 1030. The van der Waals surface area contributed by atoms with Gasteiger partial charge in [-0.25, -0.2) is 4.79 Å². The molecule has 1 unspecified atom stereocenters. The van der Waals surface area contributed by atoms with Crippen molar-refractivity contribution < 1.29 is 24.0 Å². The lowest BCUT2D eigenvalue weighted by Crippen LogP contribution is -2.40. The number of rotatable bonds is 8. The van der Waals surface area contributed by atoms with Crippen LogP contribution in [0.1, 0.15) is 31.9 Å². The van der Waals surface area contributed by atoms with Gasteiger partial charge in [-0.1, -0.05) is 15.9 Å². The zero-order valence-corrected chi connectivity index (χ0v) is 18.9. The molecule has 0 spiro atoms. The van der Waals surface area contributed by atoms with Crippen LogP contribution in [0.3, 0.4) is 0 Å². The number of nitro benzene ring substituents is 1. The molecule has 9 nitrogen and oxygen atoms in total. The number of benzene rings is 2. The van der Waals surface area contributed by atoms with E-state index < -0.39 is 22.4 Å². The van der Waals surface area contributed by atoms with E-state index >= 15 is 0 Å². The first-order valence-electron chi connectivity index (χ1n) is 9.68. The number of carbonyl (C=O) groups is 2. The number of amides is 3. The largest absolute Gasteiger partial charge is 0.490 e. The van der Waals surface area contributed by atoms with Crippen molar-refractivity contribution in [1.82, 2.24) is 10.2 Å². The van der Waals surface area contributed by atoms with E-state index in [0.717, 1.165) is 4.90 Å². The van der Waals surface area contributed by atoms with Gasteiger partial charge in [0.25, 0.3) is 11.6 Å². The third-order valence-corrected chi connectivity index (χ3v) is 5.71. The van der Waals surface area contributed by atoms with E-state index in [2.05, 4.69) is 21.2 Å². The molecular weight excluding hydrogens is 470 g/mol. The van der Waals surface area contributed by atoms with E-state index in [0.29, 0.717) is 40.3 Å². The molecule has 1 aliphatic rings. The third kappa shape index (κ3) is 4.34. The molecular formula is C21H22BrN3O6. The second-order valence-corrected chi connectivity index (χ2v) is 7.86. The van der Waals surface area contributed by atoms with Gasteiger partial charge in [0, 0.05) is 16.6 Å². The molecule has 1 aliphatic heterocycles. The van der Waals surface area contributed by atoms with E-state index in [1.807, 2.05) is 13.8 Å². The normalized spacial score (nSPS) is 18.1. The maximum absolute atomic E-state index is 13.2. The monoisotopic (exact) mass is 491 g/mol. The molecule has 0 radical (unpaired) electrons. The first kappa shape index (κ1) is 22.5. The molecule has 0 aliphatic carbocycles. The van der Waals surface area contributed by atoms with Crippen molar-refractivity contribution in [1.29, 1.82) is 0 Å². The smallest absolute Gasteiger partial charge is 0.325 e. The summed E-state index contributed by atoms with van der Waals surface area (Å²) in [7, 11) is 0.